The molecule has 1 unspecified atom stereocenters. The maximum Gasteiger partial charge on any atom is 0.358 e. The number of alkyl halides is 3. The van der Waals surface area contributed by atoms with Crippen molar-refractivity contribution in [2.24, 2.45) is 5.41 Å². The van der Waals surface area contributed by atoms with Crippen LogP contribution in [0.1, 0.15) is 33.1 Å². The van der Waals surface area contributed by atoms with Gasteiger partial charge in [-0.05, 0) is 33.1 Å². The zero-order valence-corrected chi connectivity index (χ0v) is 13.6. The Hall–Kier alpha value is -0.450. The molecule has 0 aromatic heterocycles. The molecule has 0 saturated carbocycles. The van der Waals surface area contributed by atoms with Gasteiger partial charge in [0.1, 0.15) is 13.2 Å². The molecule has 0 radical (unpaired) electrons. The van der Waals surface area contributed by atoms with Gasteiger partial charge in [-0.25, -0.2) is 4.79 Å². The lowest BCUT2D eigenvalue weighted by atomic mass is 9.77. The third-order valence-electron chi connectivity index (χ3n) is 3.25. The van der Waals surface area contributed by atoms with E-state index in [1.54, 1.807) is 0 Å². The summed E-state index contributed by atoms with van der Waals surface area (Å²) in [7, 11) is 0. The molecule has 7 heteroatoms. The average Bonchev–Trinajstić information content (AvgIpc) is 2.36. The third kappa shape index (κ3) is 5.15. The first-order valence-electron chi connectivity index (χ1n) is 6.22. The van der Waals surface area contributed by atoms with Gasteiger partial charge in [-0.2, -0.15) is 0 Å². The standard InChI is InChI=1S/C13H17Cl3O4/c1-9-3-5-12(2,6-4-9)10(17)19-7-8-20-11(18)13(14,15)16/h3H,4-8H2,1-2H3. The molecule has 1 rings (SSSR count). The van der Waals surface area contributed by atoms with Gasteiger partial charge < -0.3 is 9.47 Å². The van der Waals surface area contributed by atoms with Crippen LogP contribution in [-0.2, 0) is 19.1 Å². The monoisotopic (exact) mass is 342 g/mol. The van der Waals surface area contributed by atoms with Crippen molar-refractivity contribution >= 4 is 46.7 Å². The van der Waals surface area contributed by atoms with Crippen molar-refractivity contribution in [2.75, 3.05) is 13.2 Å². The van der Waals surface area contributed by atoms with Crippen molar-refractivity contribution in [1.29, 1.82) is 0 Å². The van der Waals surface area contributed by atoms with Gasteiger partial charge in [-0.15, -0.1) is 0 Å². The lowest BCUT2D eigenvalue weighted by Gasteiger charge is -2.29. The van der Waals surface area contributed by atoms with E-state index in [1.165, 1.54) is 5.57 Å². The van der Waals surface area contributed by atoms with E-state index in [-0.39, 0.29) is 19.2 Å². The predicted molar refractivity (Wildman–Crippen MR) is 77.9 cm³/mol. The SMILES string of the molecule is CC1=CCC(C)(C(=O)OCCOC(=O)C(Cl)(Cl)Cl)CC1. The highest BCUT2D eigenvalue weighted by atomic mass is 35.6. The minimum Gasteiger partial charge on any atom is -0.462 e. The van der Waals surface area contributed by atoms with E-state index >= 15 is 0 Å². The molecule has 0 fully saturated rings. The molecule has 0 bridgehead atoms. The summed E-state index contributed by atoms with van der Waals surface area (Å²) in [4.78, 5) is 23.1. The summed E-state index contributed by atoms with van der Waals surface area (Å²) in [6.07, 6.45) is 4.34. The molecule has 0 aromatic carbocycles. The second-order valence-corrected chi connectivity index (χ2v) is 7.37. The van der Waals surface area contributed by atoms with Crippen molar-refractivity contribution in [3.8, 4) is 0 Å². The lowest BCUT2D eigenvalue weighted by molar-refractivity contribution is -0.160. The van der Waals surface area contributed by atoms with Crippen LogP contribution < -0.4 is 0 Å². The van der Waals surface area contributed by atoms with Gasteiger partial charge in [-0.3, -0.25) is 4.79 Å². The Morgan fingerprint density at radius 1 is 1.30 bits per heavy atom. The number of halogens is 3. The summed E-state index contributed by atoms with van der Waals surface area (Å²) < 4.78 is 7.67. The number of hydrogen-bond acceptors (Lipinski definition) is 4. The van der Waals surface area contributed by atoms with Crippen molar-refractivity contribution in [3.05, 3.63) is 11.6 Å². The van der Waals surface area contributed by atoms with E-state index in [4.69, 9.17) is 39.5 Å². The highest BCUT2D eigenvalue weighted by Crippen LogP contribution is 2.36. The van der Waals surface area contributed by atoms with E-state index in [0.717, 1.165) is 12.8 Å². The van der Waals surface area contributed by atoms with Gasteiger partial charge in [0.25, 0.3) is 3.79 Å². The number of esters is 2. The predicted octanol–water partition coefficient (Wildman–Crippen LogP) is 3.58. The van der Waals surface area contributed by atoms with Crippen molar-refractivity contribution in [3.63, 3.8) is 0 Å². The first kappa shape index (κ1) is 17.6. The molecule has 20 heavy (non-hydrogen) atoms. The number of carbonyl (C=O) groups excluding carboxylic acids is 2. The van der Waals surface area contributed by atoms with Crippen LogP contribution in [0.5, 0.6) is 0 Å². The zero-order chi connectivity index (χ0) is 15.4. The second kappa shape index (κ2) is 7.01. The zero-order valence-electron chi connectivity index (χ0n) is 11.4. The molecule has 0 heterocycles. The summed E-state index contributed by atoms with van der Waals surface area (Å²) in [6, 6.07) is 0. The molecule has 4 nitrogen and oxygen atoms in total. The number of ether oxygens (including phenoxy) is 2. The highest BCUT2D eigenvalue weighted by Gasteiger charge is 2.36. The normalized spacial score (nSPS) is 22.9. The van der Waals surface area contributed by atoms with E-state index in [2.05, 4.69) is 4.74 Å². The molecular weight excluding hydrogens is 326 g/mol. The van der Waals surface area contributed by atoms with Gasteiger partial charge in [0.15, 0.2) is 0 Å². The Morgan fingerprint density at radius 3 is 2.40 bits per heavy atom. The maximum atomic E-state index is 12.0. The molecule has 0 N–H and O–H groups in total. The lowest BCUT2D eigenvalue weighted by Crippen LogP contribution is -2.32. The molecule has 114 valence electrons. The van der Waals surface area contributed by atoms with E-state index in [1.807, 2.05) is 19.9 Å². The topological polar surface area (TPSA) is 52.6 Å². The van der Waals surface area contributed by atoms with Gasteiger partial charge in [0.2, 0.25) is 0 Å². The van der Waals surface area contributed by atoms with Crippen LogP contribution in [0.3, 0.4) is 0 Å². The number of hydrogen-bond donors (Lipinski definition) is 0. The maximum absolute atomic E-state index is 12.0. The Bertz CT molecular complexity index is 414. The van der Waals surface area contributed by atoms with Crippen LogP contribution in [0, 0.1) is 5.41 Å². The van der Waals surface area contributed by atoms with Gasteiger partial charge in [0.05, 0.1) is 5.41 Å². The molecule has 0 spiro atoms. The Morgan fingerprint density at radius 2 is 1.90 bits per heavy atom. The minimum absolute atomic E-state index is 0.0520. The molecule has 0 aromatic rings. The van der Waals surface area contributed by atoms with Crippen LogP contribution in [-0.4, -0.2) is 28.9 Å². The van der Waals surface area contributed by atoms with Crippen LogP contribution in [0.25, 0.3) is 0 Å². The van der Waals surface area contributed by atoms with Gasteiger partial charge in [-0.1, -0.05) is 46.5 Å². The summed E-state index contributed by atoms with van der Waals surface area (Å²) in [5, 5.41) is 0. The van der Waals surface area contributed by atoms with Crippen molar-refractivity contribution in [2.45, 2.75) is 36.9 Å². The molecule has 1 aliphatic rings. The Balaban J connectivity index is 2.32. The Kier molecular flexibility index (Phi) is 6.17. The average molecular weight is 344 g/mol. The summed E-state index contributed by atoms with van der Waals surface area (Å²) in [5.41, 5.74) is 0.769. The summed E-state index contributed by atoms with van der Waals surface area (Å²) in [5.74, 6) is -1.29. The molecule has 1 aliphatic carbocycles. The number of carbonyl (C=O) groups is 2. The van der Waals surface area contributed by atoms with E-state index in [9.17, 15) is 9.59 Å². The molecule has 0 aliphatic heterocycles. The highest BCUT2D eigenvalue weighted by molar-refractivity contribution is 6.75. The largest absolute Gasteiger partial charge is 0.462 e. The number of allylic oxidation sites excluding steroid dienone is 2. The molecule has 1 atom stereocenters. The van der Waals surface area contributed by atoms with Crippen LogP contribution in [0.15, 0.2) is 11.6 Å². The van der Waals surface area contributed by atoms with Crippen LogP contribution in [0.4, 0.5) is 0 Å². The smallest absolute Gasteiger partial charge is 0.358 e. The van der Waals surface area contributed by atoms with E-state index in [0.29, 0.717) is 6.42 Å². The van der Waals surface area contributed by atoms with E-state index < -0.39 is 15.2 Å². The number of rotatable bonds is 4. The van der Waals surface area contributed by atoms with Crippen LogP contribution >= 0.6 is 34.8 Å². The fraction of sp³-hybridized carbons (Fsp3) is 0.692. The Labute approximate surface area is 133 Å². The second-order valence-electron chi connectivity index (χ2n) is 5.08. The van der Waals surface area contributed by atoms with Crippen LogP contribution in [0.2, 0.25) is 0 Å². The minimum atomic E-state index is -2.11. The van der Waals surface area contributed by atoms with Gasteiger partial charge in [0, 0.05) is 0 Å². The summed E-state index contributed by atoms with van der Waals surface area (Å²) in [6.45, 7) is 3.72. The van der Waals surface area contributed by atoms with Crippen molar-refractivity contribution in [1.82, 2.24) is 0 Å². The molecular formula is C13H17Cl3O4. The van der Waals surface area contributed by atoms with Gasteiger partial charge >= 0.3 is 11.9 Å². The molecule has 0 amide bonds. The first-order valence-corrected chi connectivity index (χ1v) is 7.35. The molecule has 0 saturated heterocycles. The van der Waals surface area contributed by atoms with Crippen molar-refractivity contribution < 1.29 is 19.1 Å². The third-order valence-corrected chi connectivity index (χ3v) is 3.71. The quantitative estimate of drug-likeness (QED) is 0.339. The fourth-order valence-electron chi connectivity index (χ4n) is 1.79. The first-order chi connectivity index (χ1) is 9.15. The fourth-order valence-corrected chi connectivity index (χ4v) is 1.95. The summed E-state index contributed by atoms with van der Waals surface area (Å²) >= 11 is 16.0.